The van der Waals surface area contributed by atoms with E-state index >= 15 is 0 Å². The van der Waals surface area contributed by atoms with Gasteiger partial charge in [0, 0.05) is 32.0 Å². The quantitative estimate of drug-likeness (QED) is 0.661. The molecule has 2 N–H and O–H groups in total. The Hall–Kier alpha value is -1.78. The summed E-state index contributed by atoms with van der Waals surface area (Å²) in [6, 6.07) is 2.68. The number of nitrogens with one attached hydrogen (secondary N) is 2. The molecule has 5 heteroatoms. The van der Waals surface area contributed by atoms with Gasteiger partial charge in [-0.2, -0.15) is 0 Å². The molecule has 0 unspecified atom stereocenters. The molecule has 0 spiro atoms. The van der Waals surface area contributed by atoms with Crippen molar-refractivity contribution >= 4 is 11.7 Å². The van der Waals surface area contributed by atoms with Gasteiger partial charge in [-0.3, -0.25) is 4.79 Å². The number of hydrogen-bond donors (Lipinski definition) is 2. The van der Waals surface area contributed by atoms with Crippen LogP contribution in [0.15, 0.2) is 23.1 Å². The van der Waals surface area contributed by atoms with Crippen molar-refractivity contribution in [2.75, 3.05) is 19.4 Å². The molecule has 70 valence electrons. The lowest BCUT2D eigenvalue weighted by Gasteiger charge is -2.11. The summed E-state index contributed by atoms with van der Waals surface area (Å²) in [6.45, 7) is 0. The molecule has 2 amide bonds. The number of carbonyl (C=O) groups excluding carboxylic acids is 1. The van der Waals surface area contributed by atoms with Crippen LogP contribution in [-0.2, 0) is 0 Å². The Morgan fingerprint density at radius 3 is 2.77 bits per heavy atom. The predicted octanol–water partition coefficient (Wildman–Crippen LogP) is 0.468. The van der Waals surface area contributed by atoms with E-state index in [0.717, 1.165) is 0 Å². The van der Waals surface area contributed by atoms with Gasteiger partial charge in [0.1, 0.15) is 0 Å². The van der Waals surface area contributed by atoms with E-state index in [9.17, 15) is 9.59 Å². The minimum absolute atomic E-state index is 0.239. The van der Waals surface area contributed by atoms with Crippen molar-refractivity contribution in [2.45, 2.75) is 0 Å². The van der Waals surface area contributed by atoms with Gasteiger partial charge in [0.15, 0.2) is 0 Å². The Bertz CT molecular complexity index is 356. The summed E-state index contributed by atoms with van der Waals surface area (Å²) in [6.07, 6.45) is 1.48. The van der Waals surface area contributed by atoms with Crippen LogP contribution >= 0.6 is 0 Å². The van der Waals surface area contributed by atoms with Crippen molar-refractivity contribution in [3.63, 3.8) is 0 Å². The van der Waals surface area contributed by atoms with E-state index in [1.54, 1.807) is 20.2 Å². The van der Waals surface area contributed by atoms with Crippen LogP contribution in [0.3, 0.4) is 0 Å². The summed E-state index contributed by atoms with van der Waals surface area (Å²) in [5.41, 5.74) is 0.249. The molecular formula is C8H11N3O2. The highest BCUT2D eigenvalue weighted by molar-refractivity contribution is 5.88. The minimum Gasteiger partial charge on any atom is -0.331 e. The van der Waals surface area contributed by atoms with E-state index in [1.807, 2.05) is 0 Å². The van der Waals surface area contributed by atoms with Gasteiger partial charge in [-0.1, -0.05) is 0 Å². The smallest absolute Gasteiger partial charge is 0.321 e. The molecule has 0 bridgehead atoms. The molecule has 1 heterocycles. The van der Waals surface area contributed by atoms with E-state index in [2.05, 4.69) is 10.3 Å². The molecule has 0 radical (unpaired) electrons. The van der Waals surface area contributed by atoms with Crippen LogP contribution in [0, 0.1) is 0 Å². The zero-order valence-corrected chi connectivity index (χ0v) is 7.50. The van der Waals surface area contributed by atoms with Gasteiger partial charge in [0.05, 0.1) is 0 Å². The van der Waals surface area contributed by atoms with Gasteiger partial charge in [-0.15, -0.1) is 0 Å². The fraction of sp³-hybridized carbons (Fsp3) is 0.250. The highest BCUT2D eigenvalue weighted by Gasteiger charge is 2.02. The summed E-state index contributed by atoms with van der Waals surface area (Å²) in [7, 11) is 3.25. The fourth-order valence-electron chi connectivity index (χ4n) is 0.758. The first kappa shape index (κ1) is 9.31. The van der Waals surface area contributed by atoms with Crippen molar-refractivity contribution in [1.82, 2.24) is 9.88 Å². The molecule has 0 atom stereocenters. The molecule has 0 saturated carbocycles. The number of urea groups is 1. The van der Waals surface area contributed by atoms with Crippen LogP contribution in [0.5, 0.6) is 0 Å². The maximum Gasteiger partial charge on any atom is 0.321 e. The lowest BCUT2D eigenvalue weighted by Crippen LogP contribution is -2.27. The average Bonchev–Trinajstić information content (AvgIpc) is 2.04. The van der Waals surface area contributed by atoms with Crippen molar-refractivity contribution in [3.8, 4) is 0 Å². The van der Waals surface area contributed by atoms with E-state index in [4.69, 9.17) is 0 Å². The molecule has 0 aliphatic heterocycles. The van der Waals surface area contributed by atoms with Crippen LogP contribution in [0.1, 0.15) is 0 Å². The van der Waals surface area contributed by atoms with E-state index in [0.29, 0.717) is 5.69 Å². The molecule has 1 rings (SSSR count). The maximum atomic E-state index is 11.1. The van der Waals surface area contributed by atoms with Crippen molar-refractivity contribution in [1.29, 1.82) is 0 Å². The Labute approximate surface area is 75.4 Å². The molecule has 1 aromatic heterocycles. The number of nitrogens with zero attached hydrogens (tertiary/aromatic N) is 1. The SMILES string of the molecule is CN(C)C(=O)Nc1cc[nH]c(=O)c1. The van der Waals surface area contributed by atoms with E-state index in [-0.39, 0.29) is 11.6 Å². The second-order valence-corrected chi connectivity index (χ2v) is 2.77. The van der Waals surface area contributed by atoms with Crippen LogP contribution in [0.2, 0.25) is 0 Å². The Balaban J connectivity index is 2.75. The maximum absolute atomic E-state index is 11.1. The van der Waals surface area contributed by atoms with Gasteiger partial charge in [-0.25, -0.2) is 4.79 Å². The van der Waals surface area contributed by atoms with Gasteiger partial charge in [0.2, 0.25) is 5.56 Å². The number of aromatic nitrogens is 1. The van der Waals surface area contributed by atoms with E-state index < -0.39 is 0 Å². The third-order valence-corrected chi connectivity index (χ3v) is 1.43. The fourth-order valence-corrected chi connectivity index (χ4v) is 0.758. The molecule has 0 aliphatic carbocycles. The van der Waals surface area contributed by atoms with Crippen molar-refractivity contribution in [3.05, 3.63) is 28.7 Å². The summed E-state index contributed by atoms with van der Waals surface area (Å²) in [5.74, 6) is 0. The first-order chi connectivity index (χ1) is 6.09. The zero-order valence-electron chi connectivity index (χ0n) is 7.50. The summed E-state index contributed by atoms with van der Waals surface area (Å²) < 4.78 is 0. The van der Waals surface area contributed by atoms with Gasteiger partial charge >= 0.3 is 6.03 Å². The van der Waals surface area contributed by atoms with Crippen LogP contribution in [-0.4, -0.2) is 30.0 Å². The second kappa shape index (κ2) is 3.75. The first-order valence-corrected chi connectivity index (χ1v) is 3.76. The zero-order chi connectivity index (χ0) is 9.84. The Kier molecular flexibility index (Phi) is 2.69. The molecule has 0 aromatic carbocycles. The number of aromatic amines is 1. The number of rotatable bonds is 1. The topological polar surface area (TPSA) is 65.2 Å². The predicted molar refractivity (Wildman–Crippen MR) is 49.8 cm³/mol. The number of hydrogen-bond acceptors (Lipinski definition) is 2. The Morgan fingerprint density at radius 2 is 2.23 bits per heavy atom. The highest BCUT2D eigenvalue weighted by Crippen LogP contribution is 2.00. The number of H-pyrrole nitrogens is 1. The van der Waals surface area contributed by atoms with Gasteiger partial charge in [-0.05, 0) is 6.07 Å². The number of pyridine rings is 1. The van der Waals surface area contributed by atoms with Gasteiger partial charge in [0.25, 0.3) is 0 Å². The third-order valence-electron chi connectivity index (χ3n) is 1.43. The second-order valence-electron chi connectivity index (χ2n) is 2.77. The number of carbonyl (C=O) groups is 1. The van der Waals surface area contributed by atoms with Crippen molar-refractivity contribution in [2.24, 2.45) is 0 Å². The molecule has 13 heavy (non-hydrogen) atoms. The average molecular weight is 181 g/mol. The van der Waals surface area contributed by atoms with Crippen molar-refractivity contribution < 1.29 is 4.79 Å². The minimum atomic E-state index is -0.259. The molecule has 5 nitrogen and oxygen atoms in total. The van der Waals surface area contributed by atoms with Crippen LogP contribution in [0.25, 0.3) is 0 Å². The number of amides is 2. The normalized spacial score (nSPS) is 9.38. The lowest BCUT2D eigenvalue weighted by atomic mass is 10.4. The summed E-state index contributed by atoms with van der Waals surface area (Å²) in [4.78, 5) is 25.8. The van der Waals surface area contributed by atoms with Crippen LogP contribution < -0.4 is 10.9 Å². The summed E-state index contributed by atoms with van der Waals surface area (Å²) in [5, 5.41) is 2.55. The molecule has 1 aromatic rings. The van der Waals surface area contributed by atoms with Gasteiger partial charge < -0.3 is 15.2 Å². The van der Waals surface area contributed by atoms with Crippen LogP contribution in [0.4, 0.5) is 10.5 Å². The Morgan fingerprint density at radius 1 is 1.54 bits per heavy atom. The monoisotopic (exact) mass is 181 g/mol. The molecular weight excluding hydrogens is 170 g/mol. The standard InChI is InChI=1S/C8H11N3O2/c1-11(2)8(13)10-6-3-4-9-7(12)5-6/h3-5H,1-2H3,(H2,9,10,12,13). The molecule has 0 saturated heterocycles. The molecule has 0 fully saturated rings. The lowest BCUT2D eigenvalue weighted by molar-refractivity contribution is 0.230. The largest absolute Gasteiger partial charge is 0.331 e. The third kappa shape index (κ3) is 2.62. The molecule has 0 aliphatic rings. The van der Waals surface area contributed by atoms with E-state index in [1.165, 1.54) is 17.2 Å². The number of anilines is 1. The first-order valence-electron chi connectivity index (χ1n) is 3.76. The highest BCUT2D eigenvalue weighted by atomic mass is 16.2. The summed E-state index contributed by atoms with van der Waals surface area (Å²) >= 11 is 0.